The van der Waals surface area contributed by atoms with Crippen molar-refractivity contribution in [1.82, 2.24) is 16.0 Å². The van der Waals surface area contributed by atoms with E-state index in [0.29, 0.717) is 38.1 Å². The number of rotatable bonds is 11. The lowest BCUT2D eigenvalue weighted by Gasteiger charge is -2.30. The topological polar surface area (TPSA) is 134 Å². The molecule has 2 aliphatic carbocycles. The van der Waals surface area contributed by atoms with E-state index < -0.39 is 24.1 Å². The normalized spacial score (nSPS) is 20.0. The average Bonchev–Trinajstić information content (AvgIpc) is 2.83. The number of aliphatic carboxylic acids is 1. The van der Waals surface area contributed by atoms with E-state index in [0.717, 1.165) is 44.9 Å². The highest BCUT2D eigenvalue weighted by Crippen LogP contribution is 2.28. The van der Waals surface area contributed by atoms with Crippen LogP contribution in [0, 0.1) is 5.92 Å². The number of amides is 3. The second-order valence-corrected chi connectivity index (χ2v) is 9.80. The van der Waals surface area contributed by atoms with Gasteiger partial charge in [-0.2, -0.15) is 0 Å². The summed E-state index contributed by atoms with van der Waals surface area (Å²) in [6, 6.07) is 6.05. The molecule has 1 unspecified atom stereocenters. The Bertz CT molecular complexity index is 825. The molecule has 0 spiro atoms. The lowest BCUT2D eigenvalue weighted by Crippen LogP contribution is -2.55. The van der Waals surface area contributed by atoms with Crippen LogP contribution in [-0.2, 0) is 22.4 Å². The van der Waals surface area contributed by atoms with Crippen molar-refractivity contribution in [1.29, 1.82) is 0 Å². The van der Waals surface area contributed by atoms with Crippen molar-refractivity contribution in [2.24, 2.45) is 11.7 Å². The highest BCUT2D eigenvalue weighted by atomic mass is 16.4. The fourth-order valence-electron chi connectivity index (χ4n) is 5.22. The third-order valence-corrected chi connectivity index (χ3v) is 7.16. The van der Waals surface area contributed by atoms with Gasteiger partial charge in [0.2, 0.25) is 5.91 Å². The second-order valence-electron chi connectivity index (χ2n) is 9.80. The summed E-state index contributed by atoms with van der Waals surface area (Å²) in [5, 5.41) is 18.0. The molecule has 0 aromatic heterocycles. The maximum Gasteiger partial charge on any atom is 0.326 e. The van der Waals surface area contributed by atoms with Gasteiger partial charge in [-0.05, 0) is 68.5 Å². The number of carboxylic acid groups (broad SMARTS) is 1. The van der Waals surface area contributed by atoms with Crippen molar-refractivity contribution in [2.75, 3.05) is 6.54 Å². The molecular weight excluding hydrogens is 432 g/mol. The number of aryl methyl sites for hydroxylation is 1. The molecule has 0 radical (unpaired) electrons. The third kappa shape index (κ3) is 8.01. The van der Waals surface area contributed by atoms with Crippen molar-refractivity contribution in [2.45, 2.75) is 95.2 Å². The van der Waals surface area contributed by atoms with Crippen molar-refractivity contribution >= 4 is 17.9 Å². The smallest absolute Gasteiger partial charge is 0.326 e. The van der Waals surface area contributed by atoms with E-state index in [-0.39, 0.29) is 11.9 Å². The standard InChI is InChI=1S/C26H40N4O4/c27-15-7-6-12-22(25(32)33)29-26(34)30-23(16-18-8-2-1-3-9-18)24(31)28-21-14-13-19-10-4-5-11-20(19)17-21/h4-5,10-11,18,21-23H,1-3,6-9,12-17,27H2,(H,28,31)(H,32,33)(H2,29,30,34)/t21-,22+,23?/m1/s1. The SMILES string of the molecule is NCCCC[C@H](NC(=O)NC(CC1CCCCC1)C(=O)N[C@@H]1CCc2ccccc2C1)C(=O)O. The first-order valence-corrected chi connectivity index (χ1v) is 12.8. The van der Waals surface area contributed by atoms with Gasteiger partial charge in [-0.15, -0.1) is 0 Å². The van der Waals surface area contributed by atoms with Gasteiger partial charge >= 0.3 is 12.0 Å². The first-order valence-electron chi connectivity index (χ1n) is 12.8. The van der Waals surface area contributed by atoms with Crippen molar-refractivity contribution in [3.63, 3.8) is 0 Å². The van der Waals surface area contributed by atoms with Crippen LogP contribution in [0.3, 0.4) is 0 Å². The Kier molecular flexibility index (Phi) is 10.2. The summed E-state index contributed by atoms with van der Waals surface area (Å²) >= 11 is 0. The molecule has 1 saturated carbocycles. The molecular formula is C26H40N4O4. The first-order chi connectivity index (χ1) is 16.5. The van der Waals surface area contributed by atoms with E-state index in [4.69, 9.17) is 5.73 Å². The number of nitrogens with two attached hydrogens (primary N) is 1. The van der Waals surface area contributed by atoms with Crippen LogP contribution in [0.2, 0.25) is 0 Å². The number of urea groups is 1. The van der Waals surface area contributed by atoms with E-state index in [9.17, 15) is 19.5 Å². The zero-order valence-corrected chi connectivity index (χ0v) is 20.1. The largest absolute Gasteiger partial charge is 0.480 e. The predicted octanol–water partition coefficient (Wildman–Crippen LogP) is 2.88. The molecule has 0 heterocycles. The molecule has 3 rings (SSSR count). The summed E-state index contributed by atoms with van der Waals surface area (Å²) in [6.45, 7) is 0.480. The Morgan fingerprint density at radius 1 is 0.971 bits per heavy atom. The zero-order chi connectivity index (χ0) is 24.3. The third-order valence-electron chi connectivity index (χ3n) is 7.16. The van der Waals surface area contributed by atoms with Crippen LogP contribution in [0.25, 0.3) is 0 Å². The molecule has 8 heteroatoms. The van der Waals surface area contributed by atoms with E-state index in [1.807, 2.05) is 12.1 Å². The van der Waals surface area contributed by atoms with Gasteiger partial charge in [0, 0.05) is 6.04 Å². The maximum atomic E-state index is 13.3. The Hall–Kier alpha value is -2.61. The first kappa shape index (κ1) is 26.0. The van der Waals surface area contributed by atoms with Crippen molar-refractivity contribution in [3.8, 4) is 0 Å². The molecule has 1 fully saturated rings. The molecule has 0 saturated heterocycles. The summed E-state index contributed by atoms with van der Waals surface area (Å²) in [5.74, 6) is -0.877. The Morgan fingerprint density at radius 3 is 2.38 bits per heavy atom. The van der Waals surface area contributed by atoms with Gasteiger partial charge in [-0.3, -0.25) is 4.79 Å². The van der Waals surface area contributed by atoms with Gasteiger partial charge in [-0.25, -0.2) is 9.59 Å². The Labute approximate surface area is 202 Å². The summed E-state index contributed by atoms with van der Waals surface area (Å²) in [4.78, 5) is 37.6. The Morgan fingerprint density at radius 2 is 1.68 bits per heavy atom. The second kappa shape index (κ2) is 13.3. The molecule has 34 heavy (non-hydrogen) atoms. The van der Waals surface area contributed by atoms with E-state index in [1.54, 1.807) is 0 Å². The van der Waals surface area contributed by atoms with Gasteiger partial charge in [-0.1, -0.05) is 56.4 Å². The van der Waals surface area contributed by atoms with Crippen LogP contribution < -0.4 is 21.7 Å². The zero-order valence-electron chi connectivity index (χ0n) is 20.1. The molecule has 8 nitrogen and oxygen atoms in total. The van der Waals surface area contributed by atoms with Gasteiger partial charge in [0.15, 0.2) is 0 Å². The minimum absolute atomic E-state index is 0.0316. The fraction of sp³-hybridized carbons (Fsp3) is 0.654. The predicted molar refractivity (Wildman–Crippen MR) is 131 cm³/mol. The van der Waals surface area contributed by atoms with Crippen LogP contribution >= 0.6 is 0 Å². The lowest BCUT2D eigenvalue weighted by atomic mass is 9.84. The summed E-state index contributed by atoms with van der Waals surface area (Å²) in [5.41, 5.74) is 8.08. The van der Waals surface area contributed by atoms with Crippen LogP contribution in [0.1, 0.15) is 75.3 Å². The molecule has 188 valence electrons. The van der Waals surface area contributed by atoms with Gasteiger partial charge in [0.05, 0.1) is 0 Å². The molecule has 1 aromatic rings. The quantitative estimate of drug-likeness (QED) is 0.316. The molecule has 3 amide bonds. The van der Waals surface area contributed by atoms with Gasteiger partial charge < -0.3 is 26.8 Å². The highest BCUT2D eigenvalue weighted by Gasteiger charge is 2.30. The molecule has 1 aromatic carbocycles. The fourth-order valence-corrected chi connectivity index (χ4v) is 5.22. The van der Waals surface area contributed by atoms with Crippen molar-refractivity contribution in [3.05, 3.63) is 35.4 Å². The minimum atomic E-state index is -1.08. The van der Waals surface area contributed by atoms with E-state index in [2.05, 4.69) is 28.1 Å². The number of unbranched alkanes of at least 4 members (excludes halogenated alkanes) is 1. The highest BCUT2D eigenvalue weighted by molar-refractivity contribution is 5.89. The van der Waals surface area contributed by atoms with Gasteiger partial charge in [0.1, 0.15) is 12.1 Å². The minimum Gasteiger partial charge on any atom is -0.480 e. The lowest BCUT2D eigenvalue weighted by molar-refractivity contribution is -0.139. The van der Waals surface area contributed by atoms with Gasteiger partial charge in [0.25, 0.3) is 0 Å². The number of benzene rings is 1. The number of hydrogen-bond donors (Lipinski definition) is 5. The number of hydrogen-bond acceptors (Lipinski definition) is 4. The number of nitrogens with one attached hydrogen (secondary N) is 3. The molecule has 0 bridgehead atoms. The number of fused-ring (bicyclic) bond motifs is 1. The number of carbonyl (C=O) groups is 3. The molecule has 6 N–H and O–H groups in total. The maximum absolute atomic E-state index is 13.3. The average molecular weight is 473 g/mol. The van der Waals surface area contributed by atoms with Crippen LogP contribution in [-0.4, -0.2) is 47.7 Å². The number of carboxylic acids is 1. The van der Waals surface area contributed by atoms with E-state index >= 15 is 0 Å². The van der Waals surface area contributed by atoms with E-state index in [1.165, 1.54) is 17.5 Å². The van der Waals surface area contributed by atoms with Crippen molar-refractivity contribution < 1.29 is 19.5 Å². The Balaban J connectivity index is 1.61. The van der Waals surface area contributed by atoms with Crippen LogP contribution in [0.15, 0.2) is 24.3 Å². The molecule has 3 atom stereocenters. The monoisotopic (exact) mass is 472 g/mol. The summed E-state index contributed by atoms with van der Waals surface area (Å²) < 4.78 is 0. The molecule has 0 aliphatic heterocycles. The molecule has 2 aliphatic rings. The van der Waals surface area contributed by atoms with Crippen LogP contribution in [0.5, 0.6) is 0 Å². The summed E-state index contributed by atoms with van der Waals surface area (Å²) in [7, 11) is 0. The summed E-state index contributed by atoms with van der Waals surface area (Å²) in [6.07, 6.45) is 10.4. The van der Waals surface area contributed by atoms with Crippen LogP contribution in [0.4, 0.5) is 4.79 Å². The number of carbonyl (C=O) groups excluding carboxylic acids is 2.